The summed E-state index contributed by atoms with van der Waals surface area (Å²) in [6, 6.07) is 12.4. The Bertz CT molecular complexity index is 1140. The summed E-state index contributed by atoms with van der Waals surface area (Å²) in [6.45, 7) is 5.27. The zero-order chi connectivity index (χ0) is 21.8. The number of ether oxygens (including phenoxy) is 1. The van der Waals surface area contributed by atoms with Gasteiger partial charge in [0.05, 0.1) is 17.3 Å². The summed E-state index contributed by atoms with van der Waals surface area (Å²) in [4.78, 5) is 31.8. The quantitative estimate of drug-likeness (QED) is 0.527. The molecule has 0 saturated carbocycles. The molecule has 0 amide bonds. The number of carbonyl (C=O) groups excluding carboxylic acids is 1. The highest BCUT2D eigenvalue weighted by molar-refractivity contribution is 6.30. The van der Waals surface area contributed by atoms with Crippen molar-refractivity contribution in [2.75, 3.05) is 13.1 Å². The third kappa shape index (κ3) is 5.21. The fraction of sp³-hybridized carbons (Fsp3) is 0.292. The van der Waals surface area contributed by atoms with Gasteiger partial charge in [-0.15, -0.1) is 0 Å². The van der Waals surface area contributed by atoms with E-state index in [9.17, 15) is 9.59 Å². The Kier molecular flexibility index (Phi) is 6.49. The summed E-state index contributed by atoms with van der Waals surface area (Å²) >= 11 is 5.82. The molecular weight excluding hydrogens is 414 g/mol. The van der Waals surface area contributed by atoms with Crippen LogP contribution in [0.5, 0.6) is 5.75 Å². The number of carbonyl (C=O) groups is 1. The largest absolute Gasteiger partial charge is 0.487 e. The Morgan fingerprint density at radius 1 is 1.16 bits per heavy atom. The molecule has 0 unspecified atom stereocenters. The van der Waals surface area contributed by atoms with Crippen molar-refractivity contribution in [3.63, 3.8) is 0 Å². The number of benzene rings is 1. The van der Waals surface area contributed by atoms with Gasteiger partial charge in [-0.25, -0.2) is 0 Å². The minimum Gasteiger partial charge on any atom is -0.487 e. The van der Waals surface area contributed by atoms with Crippen LogP contribution in [0.3, 0.4) is 0 Å². The number of rotatable bonds is 7. The number of ketones is 1. The van der Waals surface area contributed by atoms with Crippen LogP contribution < -0.4 is 10.3 Å². The zero-order valence-corrected chi connectivity index (χ0v) is 18.1. The predicted molar refractivity (Wildman–Crippen MR) is 120 cm³/mol. The maximum absolute atomic E-state index is 12.8. The summed E-state index contributed by atoms with van der Waals surface area (Å²) < 4.78 is 7.03. The second kappa shape index (κ2) is 9.45. The maximum atomic E-state index is 12.8. The topological polar surface area (TPSA) is 64.4 Å². The summed E-state index contributed by atoms with van der Waals surface area (Å²) in [5.74, 6) is 0.344. The van der Waals surface area contributed by atoms with Crippen LogP contribution >= 0.6 is 11.6 Å². The average molecular weight is 438 g/mol. The van der Waals surface area contributed by atoms with Crippen LogP contribution in [0.25, 0.3) is 0 Å². The first kappa shape index (κ1) is 21.3. The lowest BCUT2D eigenvalue weighted by Gasteiger charge is -2.27. The number of aromatic nitrogens is 2. The van der Waals surface area contributed by atoms with E-state index in [0.717, 1.165) is 26.1 Å². The number of hydrogen-bond donors (Lipinski definition) is 0. The molecule has 1 aliphatic heterocycles. The molecule has 1 aliphatic rings. The van der Waals surface area contributed by atoms with Crippen molar-refractivity contribution in [1.29, 1.82) is 0 Å². The molecule has 160 valence electrons. The Morgan fingerprint density at radius 3 is 2.77 bits per heavy atom. The molecule has 0 bridgehead atoms. The molecule has 0 N–H and O–H groups in total. The van der Waals surface area contributed by atoms with Gasteiger partial charge >= 0.3 is 0 Å². The van der Waals surface area contributed by atoms with Gasteiger partial charge in [0.2, 0.25) is 0 Å². The second-order valence-corrected chi connectivity index (χ2v) is 8.05. The average Bonchev–Trinajstić information content (AvgIpc) is 2.79. The van der Waals surface area contributed by atoms with Crippen LogP contribution in [0.15, 0.2) is 59.7 Å². The van der Waals surface area contributed by atoms with Gasteiger partial charge in [-0.1, -0.05) is 30.7 Å². The van der Waals surface area contributed by atoms with Crippen molar-refractivity contribution in [2.45, 2.75) is 33.0 Å². The van der Waals surface area contributed by atoms with Crippen LogP contribution in [-0.2, 0) is 26.1 Å². The van der Waals surface area contributed by atoms with Crippen molar-refractivity contribution in [1.82, 2.24) is 14.5 Å². The third-order valence-electron chi connectivity index (χ3n) is 5.52. The van der Waals surface area contributed by atoms with Gasteiger partial charge in [-0.2, -0.15) is 0 Å². The first-order valence-electron chi connectivity index (χ1n) is 10.3. The highest BCUT2D eigenvalue weighted by atomic mass is 35.5. The van der Waals surface area contributed by atoms with E-state index in [0.29, 0.717) is 22.0 Å². The normalized spacial score (nSPS) is 13.6. The van der Waals surface area contributed by atoms with E-state index in [1.807, 2.05) is 18.2 Å². The predicted octanol–water partition coefficient (Wildman–Crippen LogP) is 3.74. The van der Waals surface area contributed by atoms with Gasteiger partial charge in [0, 0.05) is 37.1 Å². The minimum absolute atomic E-state index is 0.00582. The van der Waals surface area contributed by atoms with Gasteiger partial charge in [0.25, 0.3) is 5.56 Å². The number of nitrogens with zero attached hydrogens (tertiary/aromatic N) is 3. The molecule has 0 spiro atoms. The van der Waals surface area contributed by atoms with E-state index in [2.05, 4.69) is 16.8 Å². The number of pyridine rings is 2. The van der Waals surface area contributed by atoms with Crippen molar-refractivity contribution < 1.29 is 9.53 Å². The van der Waals surface area contributed by atoms with E-state index >= 15 is 0 Å². The lowest BCUT2D eigenvalue weighted by molar-refractivity contribution is 0.0970. The van der Waals surface area contributed by atoms with Crippen LogP contribution in [-0.4, -0.2) is 33.3 Å². The molecule has 0 radical (unpaired) electrons. The van der Waals surface area contributed by atoms with E-state index in [4.69, 9.17) is 16.3 Å². The van der Waals surface area contributed by atoms with E-state index in [1.165, 1.54) is 21.8 Å². The first-order valence-corrected chi connectivity index (χ1v) is 10.7. The number of hydrogen-bond acceptors (Lipinski definition) is 5. The standard InChI is InChI=1S/C24H24ClN3O3/c1-2-27-9-7-17-3-4-18(11-19(17)14-27)23(29)15-28-10-8-22(12-24(28)30)31-16-21-6-5-20(25)13-26-21/h3-6,8,10-13H,2,7,9,14-16H2,1H3. The van der Waals surface area contributed by atoms with Gasteiger partial charge in [0.1, 0.15) is 12.4 Å². The molecule has 2 aromatic heterocycles. The molecule has 0 saturated heterocycles. The number of halogens is 1. The summed E-state index contributed by atoms with van der Waals surface area (Å²) in [6.07, 6.45) is 4.14. The van der Waals surface area contributed by atoms with Crippen molar-refractivity contribution >= 4 is 17.4 Å². The number of fused-ring (bicyclic) bond motifs is 1. The molecule has 3 heterocycles. The Morgan fingerprint density at radius 2 is 2.03 bits per heavy atom. The smallest absolute Gasteiger partial charge is 0.254 e. The molecule has 6 nitrogen and oxygen atoms in total. The van der Waals surface area contributed by atoms with Gasteiger partial charge in [-0.3, -0.25) is 19.5 Å². The summed E-state index contributed by atoms with van der Waals surface area (Å²) in [7, 11) is 0. The van der Waals surface area contributed by atoms with Gasteiger partial charge < -0.3 is 9.30 Å². The molecule has 1 aromatic carbocycles. The van der Waals surface area contributed by atoms with Crippen molar-refractivity contribution in [3.8, 4) is 5.75 Å². The molecular formula is C24H24ClN3O3. The lowest BCUT2D eigenvalue weighted by Crippen LogP contribution is -2.30. The molecule has 3 aromatic rings. The maximum Gasteiger partial charge on any atom is 0.254 e. The van der Waals surface area contributed by atoms with E-state index < -0.39 is 0 Å². The van der Waals surface area contributed by atoms with Crippen molar-refractivity contribution in [3.05, 3.63) is 92.6 Å². The first-order chi connectivity index (χ1) is 15.0. The van der Waals surface area contributed by atoms with Crippen LogP contribution in [0.1, 0.15) is 34.1 Å². The van der Waals surface area contributed by atoms with E-state index in [-0.39, 0.29) is 24.5 Å². The van der Waals surface area contributed by atoms with E-state index in [1.54, 1.807) is 30.6 Å². The fourth-order valence-corrected chi connectivity index (χ4v) is 3.78. The SMILES string of the molecule is CCN1CCc2ccc(C(=O)Cn3ccc(OCc4ccc(Cl)cn4)cc3=O)cc2C1. The Balaban J connectivity index is 1.41. The fourth-order valence-electron chi connectivity index (χ4n) is 3.66. The van der Waals surface area contributed by atoms with Crippen molar-refractivity contribution in [2.24, 2.45) is 0 Å². The van der Waals surface area contributed by atoms with Gasteiger partial charge in [0.15, 0.2) is 5.78 Å². The minimum atomic E-state index is -0.287. The monoisotopic (exact) mass is 437 g/mol. The molecule has 31 heavy (non-hydrogen) atoms. The Hall–Kier alpha value is -2.96. The van der Waals surface area contributed by atoms with Crippen LogP contribution in [0.2, 0.25) is 5.02 Å². The second-order valence-electron chi connectivity index (χ2n) is 7.61. The lowest BCUT2D eigenvalue weighted by atomic mass is 9.96. The highest BCUT2D eigenvalue weighted by Crippen LogP contribution is 2.21. The summed E-state index contributed by atoms with van der Waals surface area (Å²) in [5, 5.41) is 0.553. The summed E-state index contributed by atoms with van der Waals surface area (Å²) in [5.41, 5.74) is 3.56. The molecule has 4 rings (SSSR count). The van der Waals surface area contributed by atoms with Gasteiger partial charge in [-0.05, 0) is 48.4 Å². The number of likely N-dealkylation sites (N-methyl/N-ethyl adjacent to an activating group) is 1. The van der Waals surface area contributed by atoms with Crippen LogP contribution in [0, 0.1) is 0 Å². The molecule has 0 atom stereocenters. The molecule has 0 fully saturated rings. The molecule has 7 heteroatoms. The Labute approximate surface area is 186 Å². The third-order valence-corrected chi connectivity index (χ3v) is 5.75. The molecule has 0 aliphatic carbocycles. The van der Waals surface area contributed by atoms with Crippen LogP contribution in [0.4, 0.5) is 0 Å². The zero-order valence-electron chi connectivity index (χ0n) is 17.4. The number of Topliss-reactive ketones (excluding diaryl/α,β-unsaturated/α-hetero) is 1. The highest BCUT2D eigenvalue weighted by Gasteiger charge is 2.17.